The Bertz CT molecular complexity index is 734. The third-order valence-electron chi connectivity index (χ3n) is 5.14. The van der Waals surface area contributed by atoms with Crippen LogP contribution in [0.3, 0.4) is 0 Å². The number of aromatic nitrogens is 1. The van der Waals surface area contributed by atoms with Crippen LogP contribution in [0.1, 0.15) is 40.9 Å². The molecule has 120 valence electrons. The van der Waals surface area contributed by atoms with E-state index in [1.165, 1.54) is 17.5 Å². The summed E-state index contributed by atoms with van der Waals surface area (Å²) in [6.07, 6.45) is 3.51. The molecule has 0 spiro atoms. The molecule has 23 heavy (non-hydrogen) atoms. The van der Waals surface area contributed by atoms with Crippen LogP contribution in [0.15, 0.2) is 18.2 Å². The summed E-state index contributed by atoms with van der Waals surface area (Å²) in [6, 6.07) is 6.59. The molecule has 5 heteroatoms. The Kier molecular flexibility index (Phi) is 4.51. The standard InChI is InChI=1S/C18H24N2OSi2/c1-11-7-12(2)14-9-16(20-15(14)8-11)17(21)19-13-5-6-18(10-13,22-3)23-4/h7-9,13,20H,5-6,10H2,1-4H3,(H,19,21). The van der Waals surface area contributed by atoms with E-state index >= 15 is 0 Å². The van der Waals surface area contributed by atoms with E-state index in [2.05, 4.69) is 49.4 Å². The SMILES string of the molecule is C[Si]C1([Si]C)CCC(NC(=O)c2cc3c(C)cc(C)cc3[nH]2)C1. The Morgan fingerprint density at radius 3 is 2.65 bits per heavy atom. The molecule has 1 atom stereocenters. The second kappa shape index (κ2) is 6.28. The normalized spacial score (nSPS) is 20.1. The fourth-order valence-corrected chi connectivity index (χ4v) is 6.42. The number of benzene rings is 1. The van der Waals surface area contributed by atoms with E-state index in [-0.39, 0.29) is 5.91 Å². The molecule has 1 unspecified atom stereocenters. The van der Waals surface area contributed by atoms with Crippen LogP contribution < -0.4 is 5.32 Å². The number of rotatable bonds is 4. The monoisotopic (exact) mass is 340 g/mol. The highest BCUT2D eigenvalue weighted by Crippen LogP contribution is 2.43. The van der Waals surface area contributed by atoms with E-state index in [0.717, 1.165) is 42.8 Å². The van der Waals surface area contributed by atoms with E-state index in [4.69, 9.17) is 0 Å². The first-order chi connectivity index (χ1) is 11.0. The Balaban J connectivity index is 1.76. The van der Waals surface area contributed by atoms with E-state index in [1.807, 2.05) is 6.07 Å². The van der Waals surface area contributed by atoms with Gasteiger partial charge < -0.3 is 10.3 Å². The van der Waals surface area contributed by atoms with Crippen molar-refractivity contribution in [3.05, 3.63) is 35.0 Å². The molecule has 4 radical (unpaired) electrons. The second-order valence-electron chi connectivity index (χ2n) is 6.72. The average Bonchev–Trinajstić information content (AvgIpc) is 3.12. The van der Waals surface area contributed by atoms with Gasteiger partial charge in [0.25, 0.3) is 5.91 Å². The predicted molar refractivity (Wildman–Crippen MR) is 98.8 cm³/mol. The summed E-state index contributed by atoms with van der Waals surface area (Å²) in [7, 11) is 1.95. The minimum absolute atomic E-state index is 0.0397. The number of aromatic amines is 1. The van der Waals surface area contributed by atoms with Gasteiger partial charge in [0, 0.05) is 36.0 Å². The van der Waals surface area contributed by atoms with Crippen LogP contribution in [0.4, 0.5) is 0 Å². The van der Waals surface area contributed by atoms with Gasteiger partial charge in [-0.3, -0.25) is 4.79 Å². The molecule has 1 heterocycles. The first-order valence-corrected chi connectivity index (χ1v) is 11.2. The number of aryl methyl sites for hydroxylation is 2. The second-order valence-corrected chi connectivity index (χ2v) is 10.1. The molecule has 1 fully saturated rings. The molecule has 0 aliphatic heterocycles. The third-order valence-corrected chi connectivity index (χ3v) is 9.46. The zero-order valence-electron chi connectivity index (χ0n) is 14.3. The van der Waals surface area contributed by atoms with Crippen molar-refractivity contribution in [2.75, 3.05) is 0 Å². The summed E-state index contributed by atoms with van der Waals surface area (Å²) in [5.74, 6) is 0.0397. The summed E-state index contributed by atoms with van der Waals surface area (Å²) in [6.45, 7) is 8.80. The number of H-pyrrole nitrogens is 1. The van der Waals surface area contributed by atoms with Gasteiger partial charge in [-0.05, 0) is 54.6 Å². The van der Waals surface area contributed by atoms with Crippen LogP contribution in [-0.4, -0.2) is 36.0 Å². The van der Waals surface area contributed by atoms with Crippen molar-refractivity contribution in [3.8, 4) is 0 Å². The van der Waals surface area contributed by atoms with Crippen molar-refractivity contribution in [1.82, 2.24) is 10.3 Å². The quantitative estimate of drug-likeness (QED) is 0.819. The lowest BCUT2D eigenvalue weighted by molar-refractivity contribution is 0.0933. The van der Waals surface area contributed by atoms with Crippen molar-refractivity contribution in [2.24, 2.45) is 0 Å². The molecule has 3 nitrogen and oxygen atoms in total. The molecule has 0 bridgehead atoms. The average molecular weight is 341 g/mol. The summed E-state index contributed by atoms with van der Waals surface area (Å²) in [5, 5.41) is 4.40. The van der Waals surface area contributed by atoms with E-state index < -0.39 is 0 Å². The van der Waals surface area contributed by atoms with Gasteiger partial charge in [0.2, 0.25) is 0 Å². The summed E-state index contributed by atoms with van der Waals surface area (Å²) >= 11 is 0. The fourth-order valence-electron chi connectivity index (χ4n) is 3.73. The molecular formula is C18H24N2OSi2. The lowest BCUT2D eigenvalue weighted by Gasteiger charge is -2.24. The Morgan fingerprint density at radius 1 is 1.26 bits per heavy atom. The lowest BCUT2D eigenvalue weighted by Crippen LogP contribution is -2.34. The number of hydrogen-bond acceptors (Lipinski definition) is 1. The molecule has 3 rings (SSSR count). The third kappa shape index (κ3) is 3.17. The largest absolute Gasteiger partial charge is 0.351 e. The van der Waals surface area contributed by atoms with Crippen molar-refractivity contribution in [2.45, 2.75) is 56.9 Å². The molecule has 2 aromatic rings. The number of amides is 1. The number of nitrogens with one attached hydrogen (secondary N) is 2. The first kappa shape index (κ1) is 16.5. The van der Waals surface area contributed by atoms with Gasteiger partial charge in [0.15, 0.2) is 0 Å². The summed E-state index contributed by atoms with van der Waals surface area (Å²) in [4.78, 5) is 15.9. The number of hydrogen-bond donors (Lipinski definition) is 2. The molecule has 1 aromatic heterocycles. The Hall–Kier alpha value is -1.34. The molecule has 0 saturated heterocycles. The maximum absolute atomic E-state index is 12.6. The minimum Gasteiger partial charge on any atom is -0.351 e. The fraction of sp³-hybridized carbons (Fsp3) is 0.500. The molecule has 1 aliphatic carbocycles. The number of fused-ring (bicyclic) bond motifs is 1. The van der Waals surface area contributed by atoms with Crippen molar-refractivity contribution in [3.63, 3.8) is 0 Å². The van der Waals surface area contributed by atoms with Crippen molar-refractivity contribution < 1.29 is 4.79 Å². The van der Waals surface area contributed by atoms with Gasteiger partial charge in [-0.15, -0.1) is 0 Å². The van der Waals surface area contributed by atoms with Gasteiger partial charge in [-0.2, -0.15) is 0 Å². The molecule has 2 N–H and O–H groups in total. The van der Waals surface area contributed by atoms with E-state index in [0.29, 0.717) is 16.4 Å². The van der Waals surface area contributed by atoms with Crippen LogP contribution in [0.5, 0.6) is 0 Å². The topological polar surface area (TPSA) is 44.9 Å². The molecule has 1 aromatic carbocycles. The van der Waals surface area contributed by atoms with E-state index in [1.54, 1.807) is 0 Å². The Labute approximate surface area is 143 Å². The number of carbonyl (C=O) groups is 1. The van der Waals surface area contributed by atoms with Crippen LogP contribution >= 0.6 is 0 Å². The number of carbonyl (C=O) groups excluding carboxylic acids is 1. The van der Waals surface area contributed by atoms with Gasteiger partial charge in [-0.25, -0.2) is 0 Å². The van der Waals surface area contributed by atoms with Gasteiger partial charge >= 0.3 is 0 Å². The molecule has 1 aliphatic rings. The zero-order chi connectivity index (χ0) is 16.6. The van der Waals surface area contributed by atoms with Gasteiger partial charge in [0.1, 0.15) is 5.69 Å². The van der Waals surface area contributed by atoms with Crippen molar-refractivity contribution >= 4 is 35.8 Å². The predicted octanol–water partition coefficient (Wildman–Crippen LogP) is 3.69. The zero-order valence-corrected chi connectivity index (χ0v) is 16.3. The summed E-state index contributed by atoms with van der Waals surface area (Å²) < 4.78 is 0.492. The Morgan fingerprint density at radius 2 is 2.00 bits per heavy atom. The van der Waals surface area contributed by atoms with Gasteiger partial charge in [0.05, 0.1) is 0 Å². The van der Waals surface area contributed by atoms with Crippen LogP contribution in [0.25, 0.3) is 10.9 Å². The molecule has 1 amide bonds. The highest BCUT2D eigenvalue weighted by atomic mass is 28.3. The van der Waals surface area contributed by atoms with E-state index in [9.17, 15) is 4.79 Å². The first-order valence-electron chi connectivity index (χ1n) is 8.25. The van der Waals surface area contributed by atoms with Gasteiger partial charge in [-0.1, -0.05) is 25.6 Å². The molecular weight excluding hydrogens is 316 g/mol. The lowest BCUT2D eigenvalue weighted by atomic mass is 10.1. The minimum atomic E-state index is 0.0397. The highest BCUT2D eigenvalue weighted by molar-refractivity contribution is 6.60. The maximum Gasteiger partial charge on any atom is 0.267 e. The summed E-state index contributed by atoms with van der Waals surface area (Å²) in [5.41, 5.74) is 4.18. The van der Waals surface area contributed by atoms with Crippen LogP contribution in [-0.2, 0) is 0 Å². The smallest absolute Gasteiger partial charge is 0.267 e. The van der Waals surface area contributed by atoms with Crippen LogP contribution in [0.2, 0.25) is 17.8 Å². The highest BCUT2D eigenvalue weighted by Gasteiger charge is 2.37. The molecule has 1 saturated carbocycles. The van der Waals surface area contributed by atoms with Crippen molar-refractivity contribution in [1.29, 1.82) is 0 Å². The maximum atomic E-state index is 12.6. The van der Waals surface area contributed by atoms with Crippen LogP contribution in [0, 0.1) is 13.8 Å².